The van der Waals surface area contributed by atoms with Crippen LogP contribution in [0, 0.1) is 0 Å². The molecule has 1 aliphatic carbocycles. The van der Waals surface area contributed by atoms with Gasteiger partial charge in [0.15, 0.2) is 0 Å². The maximum absolute atomic E-state index is 11.2. The van der Waals surface area contributed by atoms with E-state index in [9.17, 15) is 4.79 Å². The van der Waals surface area contributed by atoms with Crippen LogP contribution in [0.4, 0.5) is 0 Å². The van der Waals surface area contributed by atoms with Gasteiger partial charge in [0.25, 0.3) is 0 Å². The van der Waals surface area contributed by atoms with Crippen LogP contribution in [-0.2, 0) is 19.0 Å². The zero-order valence-corrected chi connectivity index (χ0v) is 13.0. The molecule has 4 nitrogen and oxygen atoms in total. The second-order valence-electron chi connectivity index (χ2n) is 5.30. The molecule has 0 N–H and O–H groups in total. The number of rotatable bonds is 8. The van der Waals surface area contributed by atoms with Gasteiger partial charge in [-0.2, -0.15) is 0 Å². The van der Waals surface area contributed by atoms with Gasteiger partial charge in [-0.05, 0) is 33.1 Å². The highest BCUT2D eigenvalue weighted by molar-refractivity contribution is 5.81. The largest absolute Gasteiger partial charge is 0.433 e. The van der Waals surface area contributed by atoms with Gasteiger partial charge < -0.3 is 14.2 Å². The van der Waals surface area contributed by atoms with E-state index in [2.05, 4.69) is 13.5 Å². The van der Waals surface area contributed by atoms with Crippen LogP contribution >= 0.6 is 0 Å². The molecule has 0 aromatic rings. The van der Waals surface area contributed by atoms with Crippen molar-refractivity contribution in [2.45, 2.75) is 77.3 Å². The van der Waals surface area contributed by atoms with Gasteiger partial charge in [-0.25, -0.2) is 4.79 Å². The monoisotopic (exact) mass is 284 g/mol. The van der Waals surface area contributed by atoms with Crippen LogP contribution in [0.2, 0.25) is 0 Å². The van der Waals surface area contributed by atoms with E-state index in [1.54, 1.807) is 6.92 Å². The lowest BCUT2D eigenvalue weighted by Crippen LogP contribution is -2.49. The Bertz CT molecular complexity index is 302. The number of carbonyl (C=O) groups excluding carboxylic acids is 1. The van der Waals surface area contributed by atoms with Gasteiger partial charge in [-0.1, -0.05) is 32.8 Å². The fourth-order valence-electron chi connectivity index (χ4n) is 3.06. The molecule has 0 heterocycles. The summed E-state index contributed by atoms with van der Waals surface area (Å²) < 4.78 is 17.1. The van der Waals surface area contributed by atoms with Crippen LogP contribution in [0.25, 0.3) is 0 Å². The summed E-state index contributed by atoms with van der Waals surface area (Å²) in [6.45, 7) is 9.92. The number of hydrogen-bond acceptors (Lipinski definition) is 4. The molecule has 1 rings (SSSR count). The van der Waals surface area contributed by atoms with Crippen molar-refractivity contribution < 1.29 is 19.0 Å². The van der Waals surface area contributed by atoms with Crippen LogP contribution in [-0.4, -0.2) is 30.6 Å². The highest BCUT2D eigenvalue weighted by atomic mass is 16.7. The predicted molar refractivity (Wildman–Crippen MR) is 78.4 cm³/mol. The minimum atomic E-state index is -0.579. The summed E-state index contributed by atoms with van der Waals surface area (Å²) in [6.07, 6.45) is 6.99. The Labute approximate surface area is 122 Å². The fraction of sp³-hybridized carbons (Fsp3) is 0.812. The molecular weight excluding hydrogens is 256 g/mol. The van der Waals surface area contributed by atoms with Crippen LogP contribution in [0.5, 0.6) is 0 Å². The summed E-state index contributed by atoms with van der Waals surface area (Å²) in [6, 6.07) is 0. The Morgan fingerprint density at radius 3 is 2.45 bits per heavy atom. The van der Waals surface area contributed by atoms with Gasteiger partial charge in [0.2, 0.25) is 6.29 Å². The van der Waals surface area contributed by atoms with Gasteiger partial charge in [-0.3, -0.25) is 0 Å². The Hall–Kier alpha value is -0.870. The molecule has 0 spiro atoms. The molecule has 20 heavy (non-hydrogen) atoms. The minimum absolute atomic E-state index is 0.0460. The molecule has 1 aliphatic rings. The lowest BCUT2D eigenvalue weighted by molar-refractivity contribution is -0.225. The van der Waals surface area contributed by atoms with Crippen LogP contribution in [0.3, 0.4) is 0 Å². The van der Waals surface area contributed by atoms with Crippen molar-refractivity contribution in [3.63, 3.8) is 0 Å². The smallest absolute Gasteiger partial charge is 0.332 e. The summed E-state index contributed by atoms with van der Waals surface area (Å²) >= 11 is 0. The standard InChI is InChI=1S/C16H28O4/c1-5-14(19-13(4)20-15(17)6-2)16(18-7-3)11-9-8-10-12-16/h6,13-14H,2,5,7-12H2,1,3-4H3. The highest BCUT2D eigenvalue weighted by Gasteiger charge is 2.41. The third kappa shape index (κ3) is 4.60. The van der Waals surface area contributed by atoms with Crippen molar-refractivity contribution in [3.05, 3.63) is 12.7 Å². The van der Waals surface area contributed by atoms with Crippen molar-refractivity contribution in [1.82, 2.24) is 0 Å². The molecule has 0 saturated heterocycles. The summed E-state index contributed by atoms with van der Waals surface area (Å²) in [5.41, 5.74) is -0.226. The zero-order chi connectivity index (χ0) is 15.0. The van der Waals surface area contributed by atoms with E-state index >= 15 is 0 Å². The van der Waals surface area contributed by atoms with E-state index in [4.69, 9.17) is 14.2 Å². The van der Waals surface area contributed by atoms with Gasteiger partial charge in [0.05, 0.1) is 11.7 Å². The Morgan fingerprint density at radius 1 is 1.30 bits per heavy atom. The third-order valence-corrected chi connectivity index (χ3v) is 3.89. The van der Waals surface area contributed by atoms with E-state index in [1.807, 2.05) is 6.92 Å². The van der Waals surface area contributed by atoms with Crippen LogP contribution < -0.4 is 0 Å². The minimum Gasteiger partial charge on any atom is -0.433 e. The Morgan fingerprint density at radius 2 is 1.95 bits per heavy atom. The molecule has 2 unspecified atom stereocenters. The lowest BCUT2D eigenvalue weighted by atomic mass is 9.79. The van der Waals surface area contributed by atoms with E-state index in [0.29, 0.717) is 6.61 Å². The first-order valence-corrected chi connectivity index (χ1v) is 7.70. The second-order valence-corrected chi connectivity index (χ2v) is 5.30. The molecule has 1 fully saturated rings. The Balaban J connectivity index is 2.69. The van der Waals surface area contributed by atoms with Crippen LogP contribution in [0.1, 0.15) is 59.3 Å². The summed E-state index contributed by atoms with van der Waals surface area (Å²) in [7, 11) is 0. The van der Waals surface area contributed by atoms with Crippen LogP contribution in [0.15, 0.2) is 12.7 Å². The average Bonchev–Trinajstić information content (AvgIpc) is 2.45. The normalized spacial score (nSPS) is 20.9. The molecule has 0 aromatic heterocycles. The van der Waals surface area contributed by atoms with E-state index in [1.165, 1.54) is 19.3 Å². The first-order chi connectivity index (χ1) is 9.57. The van der Waals surface area contributed by atoms with Gasteiger partial charge >= 0.3 is 5.97 Å². The molecular formula is C16H28O4. The maximum atomic E-state index is 11.2. The van der Waals surface area contributed by atoms with Crippen molar-refractivity contribution in [2.24, 2.45) is 0 Å². The summed E-state index contributed by atoms with van der Waals surface area (Å²) in [5, 5.41) is 0. The fourth-order valence-corrected chi connectivity index (χ4v) is 3.06. The molecule has 2 atom stereocenters. The predicted octanol–water partition coefficient (Wildman–Crippen LogP) is 3.60. The lowest BCUT2D eigenvalue weighted by Gasteiger charge is -2.43. The molecule has 0 bridgehead atoms. The number of carbonyl (C=O) groups is 1. The van der Waals surface area contributed by atoms with Crippen molar-refractivity contribution >= 4 is 5.97 Å². The number of hydrogen-bond donors (Lipinski definition) is 0. The topological polar surface area (TPSA) is 44.8 Å². The van der Waals surface area contributed by atoms with Crippen molar-refractivity contribution in [1.29, 1.82) is 0 Å². The quantitative estimate of drug-likeness (QED) is 0.388. The SMILES string of the molecule is C=CC(=O)OC(C)OC(CC)C1(OCC)CCCCC1. The zero-order valence-electron chi connectivity index (χ0n) is 13.0. The summed E-state index contributed by atoms with van der Waals surface area (Å²) in [4.78, 5) is 11.2. The second kappa shape index (κ2) is 8.42. The first kappa shape index (κ1) is 17.2. The van der Waals surface area contributed by atoms with Crippen molar-refractivity contribution in [3.8, 4) is 0 Å². The Kier molecular flexibility index (Phi) is 7.24. The molecule has 0 radical (unpaired) electrons. The molecule has 0 aromatic carbocycles. The first-order valence-electron chi connectivity index (χ1n) is 7.70. The summed E-state index contributed by atoms with van der Waals surface area (Å²) in [5.74, 6) is -0.457. The molecule has 116 valence electrons. The van der Waals surface area contributed by atoms with E-state index in [0.717, 1.165) is 25.3 Å². The molecule has 0 amide bonds. The van der Waals surface area contributed by atoms with Gasteiger partial charge in [-0.15, -0.1) is 0 Å². The van der Waals surface area contributed by atoms with Gasteiger partial charge in [0.1, 0.15) is 0 Å². The number of esters is 1. The average molecular weight is 284 g/mol. The molecule has 4 heteroatoms. The van der Waals surface area contributed by atoms with Gasteiger partial charge in [0, 0.05) is 12.7 Å². The molecule has 1 saturated carbocycles. The van der Waals surface area contributed by atoms with Crippen molar-refractivity contribution in [2.75, 3.05) is 6.61 Å². The maximum Gasteiger partial charge on any atom is 0.332 e. The third-order valence-electron chi connectivity index (χ3n) is 3.89. The number of ether oxygens (including phenoxy) is 3. The molecule has 0 aliphatic heterocycles. The van der Waals surface area contributed by atoms with E-state index < -0.39 is 12.3 Å². The highest BCUT2D eigenvalue weighted by Crippen LogP contribution is 2.37. The van der Waals surface area contributed by atoms with E-state index in [-0.39, 0.29) is 11.7 Å².